The normalized spacial score (nSPS) is 11.4. The molecule has 0 bridgehead atoms. The molecule has 0 fully saturated rings. The number of nitrogens with one attached hydrogen (secondary N) is 2. The number of pyridine rings is 1. The molecule has 4 rings (SSSR count). The lowest BCUT2D eigenvalue weighted by atomic mass is 10.2. The first kappa shape index (κ1) is 23.1. The Morgan fingerprint density at radius 3 is 2.74 bits per heavy atom. The Morgan fingerprint density at radius 2 is 1.94 bits per heavy atom. The zero-order valence-electron chi connectivity index (χ0n) is 17.6. The lowest BCUT2D eigenvalue weighted by Crippen LogP contribution is -2.38. The Kier molecular flexibility index (Phi) is 8.35. The number of guanidine groups is 1. The number of halogens is 1. The second-order valence-electron chi connectivity index (χ2n) is 6.93. The van der Waals surface area contributed by atoms with Gasteiger partial charge >= 0.3 is 0 Å². The van der Waals surface area contributed by atoms with Crippen molar-refractivity contribution < 1.29 is 0 Å². The molecule has 0 amide bonds. The van der Waals surface area contributed by atoms with Crippen molar-refractivity contribution in [3.63, 3.8) is 0 Å². The Bertz CT molecular complexity index is 1130. The van der Waals surface area contributed by atoms with E-state index in [1.807, 2.05) is 28.8 Å². The van der Waals surface area contributed by atoms with Crippen LogP contribution < -0.4 is 10.6 Å². The number of thiazole rings is 1. The van der Waals surface area contributed by atoms with E-state index >= 15 is 0 Å². The minimum atomic E-state index is 0. The van der Waals surface area contributed by atoms with Crippen LogP contribution in [-0.4, -0.2) is 38.6 Å². The second kappa shape index (κ2) is 11.2. The molecule has 31 heavy (non-hydrogen) atoms. The predicted molar refractivity (Wildman–Crippen MR) is 137 cm³/mol. The fraction of sp³-hybridized carbons (Fsp3) is 0.273. The van der Waals surface area contributed by atoms with Gasteiger partial charge < -0.3 is 10.6 Å². The van der Waals surface area contributed by atoms with E-state index in [0.29, 0.717) is 6.54 Å². The molecule has 0 aliphatic heterocycles. The summed E-state index contributed by atoms with van der Waals surface area (Å²) in [7, 11) is 0. The van der Waals surface area contributed by atoms with E-state index in [0.717, 1.165) is 47.6 Å². The van der Waals surface area contributed by atoms with Crippen molar-refractivity contribution in [1.82, 2.24) is 30.2 Å². The molecule has 1 aromatic carbocycles. The molecule has 0 aliphatic carbocycles. The standard InChI is InChI=1S/C22H25N7S.HI/c1-3-23-22(25-14-20-28-27-19-6-4-5-13-29(19)20)24-12-11-18-15-30-21(26-18)17-9-7-16(2)8-10-17;/h4-10,13,15H,3,11-12,14H2,1-2H3,(H2,23,24,25);1H. The number of hydrogen-bond acceptors (Lipinski definition) is 5. The maximum Gasteiger partial charge on any atom is 0.191 e. The number of aliphatic imine (C=N–C) groups is 1. The molecule has 0 unspecified atom stereocenters. The molecule has 7 nitrogen and oxygen atoms in total. The number of rotatable bonds is 7. The summed E-state index contributed by atoms with van der Waals surface area (Å²) in [6.45, 7) is 6.15. The van der Waals surface area contributed by atoms with Crippen molar-refractivity contribution in [2.24, 2.45) is 4.99 Å². The molecule has 3 heterocycles. The number of aromatic nitrogens is 4. The maximum atomic E-state index is 4.77. The molecule has 0 radical (unpaired) electrons. The van der Waals surface area contributed by atoms with Gasteiger partial charge in [-0.05, 0) is 26.0 Å². The zero-order valence-corrected chi connectivity index (χ0v) is 20.7. The van der Waals surface area contributed by atoms with Crippen molar-refractivity contribution in [1.29, 1.82) is 0 Å². The van der Waals surface area contributed by atoms with Gasteiger partial charge in [-0.15, -0.1) is 45.5 Å². The van der Waals surface area contributed by atoms with Gasteiger partial charge in [0.25, 0.3) is 0 Å². The number of nitrogens with zero attached hydrogens (tertiary/aromatic N) is 5. The van der Waals surface area contributed by atoms with Crippen LogP contribution in [0.3, 0.4) is 0 Å². The van der Waals surface area contributed by atoms with E-state index in [4.69, 9.17) is 4.98 Å². The van der Waals surface area contributed by atoms with Gasteiger partial charge in [-0.25, -0.2) is 9.98 Å². The highest BCUT2D eigenvalue weighted by Gasteiger charge is 2.07. The molecule has 2 N–H and O–H groups in total. The summed E-state index contributed by atoms with van der Waals surface area (Å²) in [5.41, 5.74) is 4.34. The molecule has 9 heteroatoms. The summed E-state index contributed by atoms with van der Waals surface area (Å²) in [6.07, 6.45) is 2.79. The van der Waals surface area contributed by atoms with Gasteiger partial charge in [0.1, 0.15) is 11.6 Å². The molecule has 4 aromatic rings. The second-order valence-corrected chi connectivity index (χ2v) is 7.79. The molecule has 0 saturated heterocycles. The van der Waals surface area contributed by atoms with Crippen LogP contribution in [0.2, 0.25) is 0 Å². The molecule has 0 spiro atoms. The fourth-order valence-electron chi connectivity index (χ4n) is 3.05. The maximum absolute atomic E-state index is 4.77. The summed E-state index contributed by atoms with van der Waals surface area (Å²) >= 11 is 1.68. The van der Waals surface area contributed by atoms with Crippen molar-refractivity contribution in [2.45, 2.75) is 26.8 Å². The van der Waals surface area contributed by atoms with E-state index in [2.05, 4.69) is 69.3 Å². The van der Waals surface area contributed by atoms with Crippen LogP contribution in [0.15, 0.2) is 59.0 Å². The van der Waals surface area contributed by atoms with Crippen LogP contribution in [0.25, 0.3) is 16.2 Å². The SMILES string of the molecule is CCNC(=NCc1nnc2ccccn12)NCCc1csc(-c2ccc(C)cc2)n1.I. The van der Waals surface area contributed by atoms with Crippen LogP contribution in [0, 0.1) is 6.92 Å². The van der Waals surface area contributed by atoms with Crippen molar-refractivity contribution in [3.8, 4) is 10.6 Å². The molecule has 0 aliphatic rings. The Morgan fingerprint density at radius 1 is 1.10 bits per heavy atom. The van der Waals surface area contributed by atoms with Crippen LogP contribution in [0.5, 0.6) is 0 Å². The van der Waals surface area contributed by atoms with Gasteiger partial charge in [0, 0.05) is 36.7 Å². The highest BCUT2D eigenvalue weighted by atomic mass is 127. The van der Waals surface area contributed by atoms with Crippen LogP contribution in [0.4, 0.5) is 0 Å². The number of fused-ring (bicyclic) bond motifs is 1. The number of aryl methyl sites for hydroxylation is 1. The van der Waals surface area contributed by atoms with Gasteiger partial charge in [0.15, 0.2) is 17.4 Å². The monoisotopic (exact) mass is 547 g/mol. The largest absolute Gasteiger partial charge is 0.357 e. The van der Waals surface area contributed by atoms with Crippen LogP contribution >= 0.6 is 35.3 Å². The molecule has 0 saturated carbocycles. The molecule has 3 aromatic heterocycles. The van der Waals surface area contributed by atoms with Crippen molar-refractivity contribution in [3.05, 3.63) is 71.1 Å². The third-order valence-electron chi connectivity index (χ3n) is 4.63. The van der Waals surface area contributed by atoms with Crippen LogP contribution in [-0.2, 0) is 13.0 Å². The predicted octanol–water partition coefficient (Wildman–Crippen LogP) is 4.08. The summed E-state index contributed by atoms with van der Waals surface area (Å²) in [5.74, 6) is 1.57. The molecule has 162 valence electrons. The zero-order chi connectivity index (χ0) is 20.8. The Hall–Kier alpha value is -2.53. The van der Waals surface area contributed by atoms with E-state index in [-0.39, 0.29) is 24.0 Å². The number of hydrogen-bond donors (Lipinski definition) is 2. The Balaban J connectivity index is 0.00000272. The topological polar surface area (TPSA) is 79.5 Å². The van der Waals surface area contributed by atoms with Gasteiger partial charge in [0.05, 0.1) is 5.69 Å². The van der Waals surface area contributed by atoms with Gasteiger partial charge in [0.2, 0.25) is 0 Å². The molecular formula is C22H26IN7S. The minimum absolute atomic E-state index is 0. The first-order chi connectivity index (χ1) is 14.7. The van der Waals surface area contributed by atoms with E-state index in [9.17, 15) is 0 Å². The summed E-state index contributed by atoms with van der Waals surface area (Å²) in [5, 5.41) is 18.3. The van der Waals surface area contributed by atoms with Gasteiger partial charge in [-0.3, -0.25) is 4.40 Å². The van der Waals surface area contributed by atoms with E-state index < -0.39 is 0 Å². The Labute approximate surface area is 203 Å². The molecule has 0 atom stereocenters. The minimum Gasteiger partial charge on any atom is -0.357 e. The van der Waals surface area contributed by atoms with E-state index in [1.165, 1.54) is 11.1 Å². The first-order valence-electron chi connectivity index (χ1n) is 10.0. The number of benzene rings is 1. The average molecular weight is 547 g/mol. The highest BCUT2D eigenvalue weighted by molar-refractivity contribution is 14.0. The smallest absolute Gasteiger partial charge is 0.191 e. The fourth-order valence-corrected chi connectivity index (χ4v) is 3.91. The highest BCUT2D eigenvalue weighted by Crippen LogP contribution is 2.24. The summed E-state index contributed by atoms with van der Waals surface area (Å²) in [4.78, 5) is 9.42. The van der Waals surface area contributed by atoms with Crippen molar-refractivity contribution in [2.75, 3.05) is 13.1 Å². The van der Waals surface area contributed by atoms with E-state index in [1.54, 1.807) is 11.3 Å². The van der Waals surface area contributed by atoms with Crippen molar-refractivity contribution >= 4 is 46.9 Å². The lowest BCUT2D eigenvalue weighted by molar-refractivity contribution is 0.781. The summed E-state index contributed by atoms with van der Waals surface area (Å²) < 4.78 is 1.95. The third-order valence-corrected chi connectivity index (χ3v) is 5.57. The third kappa shape index (κ3) is 6.01. The van der Waals surface area contributed by atoms with Gasteiger partial charge in [-0.2, -0.15) is 0 Å². The quantitative estimate of drug-likeness (QED) is 0.207. The van der Waals surface area contributed by atoms with Gasteiger partial charge in [-0.1, -0.05) is 35.9 Å². The lowest BCUT2D eigenvalue weighted by Gasteiger charge is -2.10. The van der Waals surface area contributed by atoms with Crippen LogP contribution in [0.1, 0.15) is 24.0 Å². The summed E-state index contributed by atoms with van der Waals surface area (Å²) in [6, 6.07) is 14.3. The molecular weight excluding hydrogens is 521 g/mol. The first-order valence-corrected chi connectivity index (χ1v) is 10.9. The average Bonchev–Trinajstić information content (AvgIpc) is 3.40.